The van der Waals surface area contributed by atoms with Crippen LogP contribution in [-0.4, -0.2) is 49.2 Å². The number of nitrogens with zero attached hydrogens (tertiary/aromatic N) is 2. The number of piperidine rings is 1. The predicted octanol–water partition coefficient (Wildman–Crippen LogP) is 2.73. The quantitative estimate of drug-likeness (QED) is 0.531. The van der Waals surface area contributed by atoms with Crippen LogP contribution in [0.3, 0.4) is 0 Å². The zero-order valence-corrected chi connectivity index (χ0v) is 15.0. The number of likely N-dealkylation sites (tertiary alicyclic amines) is 1. The topological polar surface area (TPSA) is 80.0 Å². The van der Waals surface area contributed by atoms with E-state index in [0.717, 1.165) is 25.8 Å². The van der Waals surface area contributed by atoms with Gasteiger partial charge in [0.2, 0.25) is 0 Å². The Morgan fingerprint density at radius 2 is 2.04 bits per heavy atom. The lowest BCUT2D eigenvalue weighted by atomic mass is 10.00. The first-order valence-electron chi connectivity index (χ1n) is 9.08. The number of carbonyl (C=O) groups is 1. The Morgan fingerprint density at radius 1 is 1.35 bits per heavy atom. The van der Waals surface area contributed by atoms with E-state index < -0.39 is 0 Å². The van der Waals surface area contributed by atoms with E-state index in [1.54, 1.807) is 4.90 Å². The van der Waals surface area contributed by atoms with Gasteiger partial charge >= 0.3 is 6.09 Å². The standard InChI is InChI=1S/C17H34N4O2/c1-4-7-8-14(5-2)13-19-16(18)20-15-9-11-21(12-10-15)17(22)23-6-3/h14-15H,4-13H2,1-3H3,(H3,18,19,20). The van der Waals surface area contributed by atoms with E-state index >= 15 is 0 Å². The summed E-state index contributed by atoms with van der Waals surface area (Å²) in [6, 6.07) is 0.292. The summed E-state index contributed by atoms with van der Waals surface area (Å²) >= 11 is 0. The van der Waals surface area contributed by atoms with Crippen molar-refractivity contribution >= 4 is 12.1 Å². The Bertz CT molecular complexity index is 366. The molecule has 6 nitrogen and oxygen atoms in total. The molecule has 1 amide bonds. The monoisotopic (exact) mass is 326 g/mol. The average Bonchev–Trinajstić information content (AvgIpc) is 2.56. The fraction of sp³-hybridized carbons (Fsp3) is 0.882. The number of nitrogens with one attached hydrogen (secondary N) is 1. The molecule has 6 heteroatoms. The molecule has 0 aliphatic carbocycles. The third-order valence-corrected chi connectivity index (χ3v) is 4.44. The summed E-state index contributed by atoms with van der Waals surface area (Å²) in [6.07, 6.45) is 6.40. The molecule has 0 aromatic heterocycles. The van der Waals surface area contributed by atoms with Crippen LogP contribution >= 0.6 is 0 Å². The van der Waals surface area contributed by atoms with Crippen LogP contribution in [0.1, 0.15) is 59.3 Å². The normalized spacial score (nSPS) is 17.9. The number of nitrogens with two attached hydrogens (primary N) is 1. The van der Waals surface area contributed by atoms with Crippen molar-refractivity contribution in [2.75, 3.05) is 26.2 Å². The molecule has 1 heterocycles. The van der Waals surface area contributed by atoms with Crippen LogP contribution in [0.2, 0.25) is 0 Å². The number of hydrogen-bond acceptors (Lipinski definition) is 3. The summed E-state index contributed by atoms with van der Waals surface area (Å²) in [7, 11) is 0. The minimum Gasteiger partial charge on any atom is -0.450 e. The number of carbonyl (C=O) groups excluding carboxylic acids is 1. The lowest BCUT2D eigenvalue weighted by molar-refractivity contribution is 0.0963. The Balaban J connectivity index is 2.31. The largest absolute Gasteiger partial charge is 0.450 e. The SMILES string of the molecule is CCCCC(CC)CN=C(N)NC1CCN(C(=O)OCC)CC1. The van der Waals surface area contributed by atoms with Crippen molar-refractivity contribution in [3.8, 4) is 0 Å². The summed E-state index contributed by atoms with van der Waals surface area (Å²) in [5.41, 5.74) is 6.01. The van der Waals surface area contributed by atoms with Crippen LogP contribution in [0, 0.1) is 5.92 Å². The maximum Gasteiger partial charge on any atom is 0.409 e. The van der Waals surface area contributed by atoms with Crippen LogP contribution in [0.25, 0.3) is 0 Å². The minimum absolute atomic E-state index is 0.214. The van der Waals surface area contributed by atoms with Crippen molar-refractivity contribution in [1.29, 1.82) is 0 Å². The Hall–Kier alpha value is -1.46. The van der Waals surface area contributed by atoms with Gasteiger partial charge in [0.1, 0.15) is 0 Å². The fourth-order valence-corrected chi connectivity index (χ4v) is 2.82. The molecule has 1 rings (SSSR count). The zero-order valence-electron chi connectivity index (χ0n) is 15.0. The number of guanidine groups is 1. The van der Waals surface area contributed by atoms with Crippen LogP contribution in [-0.2, 0) is 4.74 Å². The Morgan fingerprint density at radius 3 is 2.61 bits per heavy atom. The van der Waals surface area contributed by atoms with Crippen LogP contribution in [0.4, 0.5) is 4.79 Å². The molecule has 1 atom stereocenters. The number of rotatable bonds is 8. The van der Waals surface area contributed by atoms with Gasteiger partial charge in [-0.15, -0.1) is 0 Å². The second-order valence-electron chi connectivity index (χ2n) is 6.25. The van der Waals surface area contributed by atoms with Crippen LogP contribution in [0.5, 0.6) is 0 Å². The van der Waals surface area contributed by atoms with E-state index in [0.29, 0.717) is 37.6 Å². The van der Waals surface area contributed by atoms with Gasteiger partial charge < -0.3 is 20.7 Å². The first-order valence-corrected chi connectivity index (χ1v) is 9.08. The van der Waals surface area contributed by atoms with Gasteiger partial charge in [0, 0.05) is 25.7 Å². The highest BCUT2D eigenvalue weighted by Crippen LogP contribution is 2.13. The lowest BCUT2D eigenvalue weighted by Gasteiger charge is -2.31. The van der Waals surface area contributed by atoms with E-state index in [9.17, 15) is 4.79 Å². The fourth-order valence-electron chi connectivity index (χ4n) is 2.82. The molecule has 0 bridgehead atoms. The molecule has 1 saturated heterocycles. The number of amides is 1. The van der Waals surface area contributed by atoms with Crippen molar-refractivity contribution in [3.63, 3.8) is 0 Å². The van der Waals surface area contributed by atoms with E-state index in [-0.39, 0.29) is 6.09 Å². The molecule has 0 spiro atoms. The van der Waals surface area contributed by atoms with Gasteiger partial charge in [-0.05, 0) is 32.1 Å². The molecular weight excluding hydrogens is 292 g/mol. The van der Waals surface area contributed by atoms with Gasteiger partial charge in [0.25, 0.3) is 0 Å². The minimum atomic E-state index is -0.214. The Labute approximate surface area is 140 Å². The first-order chi connectivity index (χ1) is 11.1. The zero-order chi connectivity index (χ0) is 17.1. The van der Waals surface area contributed by atoms with Gasteiger partial charge in [-0.2, -0.15) is 0 Å². The second-order valence-corrected chi connectivity index (χ2v) is 6.25. The average molecular weight is 326 g/mol. The molecule has 1 fully saturated rings. The van der Waals surface area contributed by atoms with Gasteiger partial charge in [0.15, 0.2) is 5.96 Å². The van der Waals surface area contributed by atoms with Crippen molar-refractivity contribution in [2.24, 2.45) is 16.6 Å². The van der Waals surface area contributed by atoms with Crippen molar-refractivity contribution in [3.05, 3.63) is 0 Å². The van der Waals surface area contributed by atoms with E-state index in [4.69, 9.17) is 10.5 Å². The maximum atomic E-state index is 11.7. The van der Waals surface area contributed by atoms with Crippen molar-refractivity contribution in [2.45, 2.75) is 65.3 Å². The van der Waals surface area contributed by atoms with Crippen LogP contribution < -0.4 is 11.1 Å². The molecule has 1 aliphatic rings. The van der Waals surface area contributed by atoms with E-state index in [2.05, 4.69) is 24.2 Å². The molecule has 0 radical (unpaired) electrons. The van der Waals surface area contributed by atoms with Crippen molar-refractivity contribution < 1.29 is 9.53 Å². The highest BCUT2D eigenvalue weighted by Gasteiger charge is 2.23. The predicted molar refractivity (Wildman–Crippen MR) is 94.5 cm³/mol. The highest BCUT2D eigenvalue weighted by atomic mass is 16.6. The molecule has 0 saturated carbocycles. The Kier molecular flexibility index (Phi) is 9.48. The third kappa shape index (κ3) is 7.57. The summed E-state index contributed by atoms with van der Waals surface area (Å²) in [5, 5.41) is 3.29. The molecular formula is C17H34N4O2. The second kappa shape index (κ2) is 11.1. The smallest absolute Gasteiger partial charge is 0.409 e. The number of ether oxygens (including phenoxy) is 1. The highest BCUT2D eigenvalue weighted by molar-refractivity contribution is 5.78. The van der Waals surface area contributed by atoms with Gasteiger partial charge in [0.05, 0.1) is 6.61 Å². The number of hydrogen-bond donors (Lipinski definition) is 2. The summed E-state index contributed by atoms with van der Waals surface area (Å²) in [6.45, 7) is 8.90. The summed E-state index contributed by atoms with van der Waals surface area (Å²) < 4.78 is 5.03. The lowest BCUT2D eigenvalue weighted by Crippen LogP contribution is -2.48. The molecule has 0 aromatic rings. The number of unbranched alkanes of at least 4 members (excludes halogenated alkanes) is 1. The molecule has 1 aliphatic heterocycles. The molecule has 1 unspecified atom stereocenters. The molecule has 0 aromatic carbocycles. The molecule has 23 heavy (non-hydrogen) atoms. The van der Waals surface area contributed by atoms with Gasteiger partial charge in [-0.1, -0.05) is 33.1 Å². The van der Waals surface area contributed by atoms with Crippen LogP contribution in [0.15, 0.2) is 4.99 Å². The summed E-state index contributed by atoms with van der Waals surface area (Å²) in [4.78, 5) is 17.9. The van der Waals surface area contributed by atoms with Gasteiger partial charge in [-0.3, -0.25) is 4.99 Å². The number of aliphatic imine (C=N–C) groups is 1. The molecule has 3 N–H and O–H groups in total. The van der Waals surface area contributed by atoms with Gasteiger partial charge in [-0.25, -0.2) is 4.79 Å². The first kappa shape index (κ1) is 19.6. The van der Waals surface area contributed by atoms with Crippen molar-refractivity contribution in [1.82, 2.24) is 10.2 Å². The summed E-state index contributed by atoms with van der Waals surface area (Å²) in [5.74, 6) is 1.16. The van der Waals surface area contributed by atoms with E-state index in [1.807, 2.05) is 6.92 Å². The van der Waals surface area contributed by atoms with E-state index in [1.165, 1.54) is 19.3 Å². The molecule has 134 valence electrons. The maximum absolute atomic E-state index is 11.7. The third-order valence-electron chi connectivity index (χ3n) is 4.44.